The summed E-state index contributed by atoms with van der Waals surface area (Å²) in [4.78, 5) is 3.99. The Morgan fingerprint density at radius 1 is 0.938 bits per heavy atom. The van der Waals surface area contributed by atoms with Gasteiger partial charge in [-0.1, -0.05) is 34.8 Å². The third-order valence-corrected chi connectivity index (χ3v) is 3.17. The molecule has 1 heterocycles. The first kappa shape index (κ1) is 11.5. The van der Waals surface area contributed by atoms with Crippen molar-refractivity contribution in [3.05, 3.63) is 45.5 Å². The fourth-order valence-corrected chi connectivity index (χ4v) is 2.02. The number of benzene rings is 1. The predicted molar refractivity (Wildman–Crippen MR) is 69.1 cm³/mol. The largest absolute Gasteiger partial charge is 0.383 e. The van der Waals surface area contributed by atoms with Gasteiger partial charge in [-0.3, -0.25) is 0 Å². The van der Waals surface area contributed by atoms with Gasteiger partial charge in [-0.25, -0.2) is 4.98 Å². The molecule has 0 bridgehead atoms. The molecule has 0 aliphatic carbocycles. The lowest BCUT2D eigenvalue weighted by atomic mass is 10.1. The van der Waals surface area contributed by atoms with Crippen LogP contribution in [0.25, 0.3) is 11.1 Å². The van der Waals surface area contributed by atoms with E-state index >= 15 is 0 Å². The van der Waals surface area contributed by atoms with Crippen molar-refractivity contribution in [3.63, 3.8) is 0 Å². The molecular weight excluding hydrogens is 266 g/mol. The van der Waals surface area contributed by atoms with E-state index in [9.17, 15) is 0 Å². The number of pyridine rings is 1. The molecule has 1 aromatic heterocycles. The zero-order valence-electron chi connectivity index (χ0n) is 8.05. The molecule has 0 aliphatic rings. The lowest BCUT2D eigenvalue weighted by Crippen LogP contribution is -1.93. The molecule has 5 heteroatoms. The summed E-state index contributed by atoms with van der Waals surface area (Å²) in [5.74, 6) is 0.405. The number of halogens is 3. The van der Waals surface area contributed by atoms with Gasteiger partial charge >= 0.3 is 0 Å². The Balaban J connectivity index is 2.65. The molecule has 0 unspecified atom stereocenters. The van der Waals surface area contributed by atoms with Crippen LogP contribution in [0.1, 0.15) is 0 Å². The first-order valence-corrected chi connectivity index (χ1v) is 5.58. The number of nitrogens with two attached hydrogens (primary N) is 1. The maximum absolute atomic E-state index is 6.08. The van der Waals surface area contributed by atoms with Crippen molar-refractivity contribution in [3.8, 4) is 11.1 Å². The molecule has 0 saturated heterocycles. The highest BCUT2D eigenvalue weighted by Gasteiger charge is 2.10. The minimum absolute atomic E-state index is 0.405. The van der Waals surface area contributed by atoms with Crippen molar-refractivity contribution in [1.82, 2.24) is 4.98 Å². The molecule has 0 saturated carbocycles. The van der Waals surface area contributed by atoms with Crippen LogP contribution in [0, 0.1) is 0 Å². The Morgan fingerprint density at radius 2 is 1.62 bits per heavy atom. The van der Waals surface area contributed by atoms with Gasteiger partial charge in [0.2, 0.25) is 0 Å². The second-order valence-corrected chi connectivity index (χ2v) is 4.40. The Bertz CT molecular complexity index is 541. The van der Waals surface area contributed by atoms with Gasteiger partial charge in [-0.15, -0.1) is 0 Å². The van der Waals surface area contributed by atoms with Crippen LogP contribution >= 0.6 is 34.8 Å². The monoisotopic (exact) mass is 272 g/mol. The summed E-state index contributed by atoms with van der Waals surface area (Å²) in [5.41, 5.74) is 7.23. The van der Waals surface area contributed by atoms with Crippen LogP contribution in [0.3, 0.4) is 0 Å². The number of anilines is 1. The summed E-state index contributed by atoms with van der Waals surface area (Å²) in [6.45, 7) is 0. The Kier molecular flexibility index (Phi) is 3.24. The SMILES string of the molecule is Nc1ncccc1-c1cc(Cl)c(Cl)cc1Cl. The van der Waals surface area contributed by atoms with Crippen LogP contribution < -0.4 is 5.73 Å². The summed E-state index contributed by atoms with van der Waals surface area (Å²) in [7, 11) is 0. The average Bonchev–Trinajstić information content (AvgIpc) is 2.25. The molecule has 16 heavy (non-hydrogen) atoms. The Labute approximate surface area is 108 Å². The summed E-state index contributed by atoms with van der Waals surface area (Å²) in [6, 6.07) is 6.88. The van der Waals surface area contributed by atoms with E-state index in [0.717, 1.165) is 11.1 Å². The van der Waals surface area contributed by atoms with Gasteiger partial charge < -0.3 is 5.73 Å². The van der Waals surface area contributed by atoms with E-state index in [1.165, 1.54) is 0 Å². The van der Waals surface area contributed by atoms with E-state index in [2.05, 4.69) is 4.98 Å². The summed E-state index contributed by atoms with van der Waals surface area (Å²) >= 11 is 17.9. The standard InChI is InChI=1S/C11H7Cl3N2/c12-8-5-10(14)9(13)4-7(8)6-2-1-3-16-11(6)15/h1-5H,(H2,15,16). The molecule has 2 nitrogen and oxygen atoms in total. The van der Waals surface area contributed by atoms with Crippen LogP contribution in [0.4, 0.5) is 5.82 Å². The minimum Gasteiger partial charge on any atom is -0.383 e. The molecule has 2 aromatic rings. The maximum Gasteiger partial charge on any atom is 0.131 e. The number of hydrogen-bond acceptors (Lipinski definition) is 2. The number of nitrogens with zero attached hydrogens (tertiary/aromatic N) is 1. The average molecular weight is 274 g/mol. The van der Waals surface area contributed by atoms with E-state index in [-0.39, 0.29) is 0 Å². The van der Waals surface area contributed by atoms with Gasteiger partial charge in [0.1, 0.15) is 5.82 Å². The molecule has 0 spiro atoms. The molecule has 0 fully saturated rings. The number of hydrogen-bond donors (Lipinski definition) is 1. The van der Waals surface area contributed by atoms with Crippen molar-refractivity contribution in [2.24, 2.45) is 0 Å². The van der Waals surface area contributed by atoms with Crippen LogP contribution in [0.2, 0.25) is 15.1 Å². The molecule has 82 valence electrons. The third-order valence-electron chi connectivity index (χ3n) is 2.14. The number of nitrogen functional groups attached to an aromatic ring is 1. The van der Waals surface area contributed by atoms with E-state index in [1.54, 1.807) is 24.4 Å². The van der Waals surface area contributed by atoms with Crippen molar-refractivity contribution >= 4 is 40.6 Å². The molecule has 1 aromatic carbocycles. The zero-order chi connectivity index (χ0) is 11.7. The molecule has 2 N–H and O–H groups in total. The molecule has 0 aliphatic heterocycles. The van der Waals surface area contributed by atoms with Crippen molar-refractivity contribution in [2.75, 3.05) is 5.73 Å². The Morgan fingerprint density at radius 3 is 2.31 bits per heavy atom. The number of aromatic nitrogens is 1. The minimum atomic E-state index is 0.405. The zero-order valence-corrected chi connectivity index (χ0v) is 10.3. The normalized spacial score (nSPS) is 10.4. The lowest BCUT2D eigenvalue weighted by Gasteiger charge is -2.08. The van der Waals surface area contributed by atoms with E-state index in [4.69, 9.17) is 40.5 Å². The van der Waals surface area contributed by atoms with E-state index in [0.29, 0.717) is 20.9 Å². The van der Waals surface area contributed by atoms with Crippen molar-refractivity contribution < 1.29 is 0 Å². The van der Waals surface area contributed by atoms with E-state index in [1.807, 2.05) is 6.07 Å². The van der Waals surface area contributed by atoms with Crippen LogP contribution in [-0.2, 0) is 0 Å². The second kappa shape index (κ2) is 4.50. The fourth-order valence-electron chi connectivity index (χ4n) is 1.37. The topological polar surface area (TPSA) is 38.9 Å². The highest BCUT2D eigenvalue weighted by molar-refractivity contribution is 6.44. The lowest BCUT2D eigenvalue weighted by molar-refractivity contribution is 1.34. The van der Waals surface area contributed by atoms with Gasteiger partial charge in [0.15, 0.2) is 0 Å². The van der Waals surface area contributed by atoms with Gasteiger partial charge in [0.25, 0.3) is 0 Å². The molecule has 0 amide bonds. The summed E-state index contributed by atoms with van der Waals surface area (Å²) in [6.07, 6.45) is 1.62. The first-order chi connectivity index (χ1) is 7.59. The van der Waals surface area contributed by atoms with Gasteiger partial charge in [0, 0.05) is 17.3 Å². The van der Waals surface area contributed by atoms with Crippen molar-refractivity contribution in [1.29, 1.82) is 0 Å². The summed E-state index contributed by atoms with van der Waals surface area (Å²) in [5, 5.41) is 1.34. The smallest absolute Gasteiger partial charge is 0.131 e. The quantitative estimate of drug-likeness (QED) is 0.787. The van der Waals surface area contributed by atoms with Gasteiger partial charge in [0.05, 0.1) is 15.1 Å². The highest BCUT2D eigenvalue weighted by atomic mass is 35.5. The van der Waals surface area contributed by atoms with Crippen LogP contribution in [0.15, 0.2) is 30.5 Å². The molecular formula is C11H7Cl3N2. The van der Waals surface area contributed by atoms with Crippen molar-refractivity contribution in [2.45, 2.75) is 0 Å². The third kappa shape index (κ3) is 2.09. The number of rotatable bonds is 1. The fraction of sp³-hybridized carbons (Fsp3) is 0. The summed E-state index contributed by atoms with van der Waals surface area (Å²) < 4.78 is 0. The second-order valence-electron chi connectivity index (χ2n) is 3.18. The molecule has 0 radical (unpaired) electrons. The molecule has 0 atom stereocenters. The first-order valence-electron chi connectivity index (χ1n) is 4.45. The van der Waals surface area contributed by atoms with Crippen LogP contribution in [0.5, 0.6) is 0 Å². The predicted octanol–water partition coefficient (Wildman–Crippen LogP) is 4.29. The van der Waals surface area contributed by atoms with Gasteiger partial charge in [-0.2, -0.15) is 0 Å². The highest BCUT2D eigenvalue weighted by Crippen LogP contribution is 2.36. The maximum atomic E-state index is 6.08. The van der Waals surface area contributed by atoms with Crippen LogP contribution in [-0.4, -0.2) is 4.98 Å². The Hall–Kier alpha value is -0.960. The molecule has 2 rings (SSSR count). The van der Waals surface area contributed by atoms with E-state index < -0.39 is 0 Å². The van der Waals surface area contributed by atoms with Gasteiger partial charge in [-0.05, 0) is 24.3 Å².